The second kappa shape index (κ2) is 10.8. The molecule has 2 aromatic rings. The maximum Gasteiger partial charge on any atom is 0.150 e. The molecular weight excluding hydrogens is 338 g/mol. The van der Waals surface area contributed by atoms with Crippen molar-refractivity contribution >= 4 is 18.9 Å². The molecule has 0 atom stereocenters. The van der Waals surface area contributed by atoms with Crippen LogP contribution < -0.4 is 5.32 Å². The van der Waals surface area contributed by atoms with Crippen LogP contribution in [0.15, 0.2) is 71.2 Å². The Labute approximate surface area is 162 Å². The van der Waals surface area contributed by atoms with E-state index in [2.05, 4.69) is 68.2 Å². The van der Waals surface area contributed by atoms with Gasteiger partial charge in [0.05, 0.1) is 0 Å². The molecule has 26 heavy (non-hydrogen) atoms. The third-order valence-electron chi connectivity index (χ3n) is 4.25. The fraction of sp³-hybridized carbons (Fsp3) is 0.261. The van der Waals surface area contributed by atoms with Crippen LogP contribution in [0.5, 0.6) is 0 Å². The van der Waals surface area contributed by atoms with Gasteiger partial charge < -0.3 is 5.32 Å². The van der Waals surface area contributed by atoms with Crippen LogP contribution >= 0.6 is 12.6 Å². The average molecular weight is 366 g/mol. The Morgan fingerprint density at radius 1 is 1.08 bits per heavy atom. The molecule has 1 N–H and O–H groups in total. The Bertz CT molecular complexity index is 775. The summed E-state index contributed by atoms with van der Waals surface area (Å²) in [5, 5.41) is 3.46. The Hall–Kier alpha value is -2.10. The van der Waals surface area contributed by atoms with E-state index in [4.69, 9.17) is 0 Å². The summed E-state index contributed by atoms with van der Waals surface area (Å²) in [4.78, 5) is 11.7. The minimum atomic E-state index is 0.705. The molecule has 0 aliphatic heterocycles. The summed E-state index contributed by atoms with van der Waals surface area (Å²) in [6.45, 7) is 5.75. The number of carbonyl (C=O) groups is 1. The highest BCUT2D eigenvalue weighted by Crippen LogP contribution is 2.19. The van der Waals surface area contributed by atoms with Crippen LogP contribution in [-0.4, -0.2) is 6.29 Å². The minimum absolute atomic E-state index is 0.705. The highest BCUT2D eigenvalue weighted by Gasteiger charge is 2.03. The van der Waals surface area contributed by atoms with E-state index < -0.39 is 0 Å². The molecule has 0 spiro atoms. The Morgan fingerprint density at radius 3 is 2.46 bits per heavy atom. The zero-order valence-corrected chi connectivity index (χ0v) is 16.4. The Balaban J connectivity index is 1.97. The Morgan fingerprint density at radius 2 is 1.81 bits per heavy atom. The molecule has 2 aromatic carbocycles. The van der Waals surface area contributed by atoms with Crippen molar-refractivity contribution in [3.63, 3.8) is 0 Å². The first kappa shape index (κ1) is 20.2. The van der Waals surface area contributed by atoms with Gasteiger partial charge >= 0.3 is 0 Å². The van der Waals surface area contributed by atoms with Crippen LogP contribution in [0.25, 0.3) is 0 Å². The molecule has 0 fully saturated rings. The quantitative estimate of drug-likeness (QED) is 0.347. The molecule has 2 nitrogen and oxygen atoms in total. The van der Waals surface area contributed by atoms with Crippen LogP contribution in [0.4, 0.5) is 0 Å². The predicted octanol–water partition coefficient (Wildman–Crippen LogP) is 5.53. The van der Waals surface area contributed by atoms with Crippen molar-refractivity contribution in [3.8, 4) is 0 Å². The predicted molar refractivity (Wildman–Crippen MR) is 113 cm³/mol. The topological polar surface area (TPSA) is 29.1 Å². The largest absolute Gasteiger partial charge is 0.309 e. The van der Waals surface area contributed by atoms with E-state index in [1.165, 1.54) is 16.7 Å². The molecule has 3 heteroatoms. The summed E-state index contributed by atoms with van der Waals surface area (Å²) in [5.74, 6) is 0. The molecule has 0 saturated heterocycles. The summed E-state index contributed by atoms with van der Waals surface area (Å²) in [5.41, 5.74) is 5.69. The van der Waals surface area contributed by atoms with Gasteiger partial charge in [0, 0.05) is 23.5 Å². The summed E-state index contributed by atoms with van der Waals surface area (Å²) in [7, 11) is 0. The highest BCUT2D eigenvalue weighted by molar-refractivity contribution is 7.80. The number of rotatable bonds is 9. The standard InChI is InChI=1S/C23H27NOS/c1-3-5-6-18(4-2)13-21-11-12-23(26)22(14-21)16-24-15-19-7-9-20(17-25)10-8-19/h4-12,14,17,24,26H,3,13,15-16H2,1-2H3/b6-5-,18-4+. The van der Waals surface area contributed by atoms with E-state index in [0.717, 1.165) is 42.7 Å². The first-order valence-electron chi connectivity index (χ1n) is 9.03. The molecule has 0 aromatic heterocycles. The summed E-state index contributed by atoms with van der Waals surface area (Å²) in [6.07, 6.45) is 9.42. The molecule has 0 amide bonds. The normalized spacial score (nSPS) is 11.9. The van der Waals surface area contributed by atoms with Crippen LogP contribution in [0.1, 0.15) is 47.3 Å². The molecule has 0 saturated carbocycles. The van der Waals surface area contributed by atoms with Crippen LogP contribution in [0, 0.1) is 0 Å². The molecule has 2 rings (SSSR count). The molecule has 0 heterocycles. The van der Waals surface area contributed by atoms with Crippen molar-refractivity contribution in [1.82, 2.24) is 5.32 Å². The lowest BCUT2D eigenvalue weighted by Gasteiger charge is -2.11. The monoisotopic (exact) mass is 365 g/mol. The zero-order valence-electron chi connectivity index (χ0n) is 15.5. The van der Waals surface area contributed by atoms with Gasteiger partial charge in [0.15, 0.2) is 0 Å². The number of allylic oxidation sites excluding steroid dienone is 4. The first-order valence-corrected chi connectivity index (χ1v) is 9.48. The lowest BCUT2D eigenvalue weighted by Crippen LogP contribution is -2.13. The van der Waals surface area contributed by atoms with E-state index in [9.17, 15) is 4.79 Å². The Kier molecular flexibility index (Phi) is 8.39. The van der Waals surface area contributed by atoms with E-state index in [1.807, 2.05) is 24.3 Å². The summed E-state index contributed by atoms with van der Waals surface area (Å²) >= 11 is 4.59. The fourth-order valence-electron chi connectivity index (χ4n) is 2.71. The van der Waals surface area contributed by atoms with E-state index >= 15 is 0 Å². The molecule has 136 valence electrons. The maximum atomic E-state index is 10.7. The van der Waals surface area contributed by atoms with Crippen molar-refractivity contribution in [3.05, 3.63) is 88.5 Å². The van der Waals surface area contributed by atoms with Gasteiger partial charge in [0.2, 0.25) is 0 Å². The summed E-state index contributed by atoms with van der Waals surface area (Å²) < 4.78 is 0. The lowest BCUT2D eigenvalue weighted by atomic mass is 10.0. The maximum absolute atomic E-state index is 10.7. The van der Waals surface area contributed by atoms with Crippen LogP contribution in [-0.2, 0) is 19.5 Å². The van der Waals surface area contributed by atoms with E-state index in [0.29, 0.717) is 5.56 Å². The SMILES string of the molecule is C/C=C(\C=C/CC)Cc1ccc(S)c(CNCc2ccc(C=O)cc2)c1. The smallest absolute Gasteiger partial charge is 0.150 e. The lowest BCUT2D eigenvalue weighted by molar-refractivity contribution is 0.112. The molecule has 0 aliphatic carbocycles. The third kappa shape index (κ3) is 6.32. The van der Waals surface area contributed by atoms with Crippen LogP contribution in [0.2, 0.25) is 0 Å². The minimum Gasteiger partial charge on any atom is -0.309 e. The number of benzene rings is 2. The van der Waals surface area contributed by atoms with Gasteiger partial charge in [-0.05, 0) is 48.1 Å². The van der Waals surface area contributed by atoms with Crippen molar-refractivity contribution in [2.24, 2.45) is 0 Å². The molecule has 0 radical (unpaired) electrons. The van der Waals surface area contributed by atoms with Crippen molar-refractivity contribution in [2.45, 2.75) is 44.7 Å². The zero-order chi connectivity index (χ0) is 18.8. The van der Waals surface area contributed by atoms with Gasteiger partial charge in [-0.1, -0.05) is 61.5 Å². The third-order valence-corrected chi connectivity index (χ3v) is 4.69. The molecule has 0 unspecified atom stereocenters. The number of nitrogens with one attached hydrogen (secondary N) is 1. The number of carbonyl (C=O) groups excluding carboxylic acids is 1. The molecular formula is C23H27NOS. The van der Waals surface area contributed by atoms with E-state index in [1.54, 1.807) is 0 Å². The van der Waals surface area contributed by atoms with Crippen molar-refractivity contribution < 1.29 is 4.79 Å². The average Bonchev–Trinajstić information content (AvgIpc) is 2.67. The van der Waals surface area contributed by atoms with Crippen molar-refractivity contribution in [1.29, 1.82) is 0 Å². The van der Waals surface area contributed by atoms with Gasteiger partial charge in [-0.15, -0.1) is 12.6 Å². The second-order valence-electron chi connectivity index (χ2n) is 6.28. The van der Waals surface area contributed by atoms with Crippen LogP contribution in [0.3, 0.4) is 0 Å². The number of thiol groups is 1. The number of hydrogen-bond acceptors (Lipinski definition) is 3. The summed E-state index contributed by atoms with van der Waals surface area (Å²) in [6, 6.07) is 14.1. The van der Waals surface area contributed by atoms with Gasteiger partial charge in [0.1, 0.15) is 6.29 Å². The molecule has 0 bridgehead atoms. The number of hydrogen-bond donors (Lipinski definition) is 2. The number of aldehydes is 1. The van der Waals surface area contributed by atoms with Crippen molar-refractivity contribution in [2.75, 3.05) is 0 Å². The molecule has 0 aliphatic rings. The first-order chi connectivity index (χ1) is 12.7. The fourth-order valence-corrected chi connectivity index (χ4v) is 2.93. The van der Waals surface area contributed by atoms with Gasteiger partial charge in [-0.3, -0.25) is 4.79 Å². The van der Waals surface area contributed by atoms with Gasteiger partial charge in [0.25, 0.3) is 0 Å². The highest BCUT2D eigenvalue weighted by atomic mass is 32.1. The second-order valence-corrected chi connectivity index (χ2v) is 6.76. The van der Waals surface area contributed by atoms with E-state index in [-0.39, 0.29) is 0 Å². The van der Waals surface area contributed by atoms with Gasteiger partial charge in [-0.25, -0.2) is 0 Å². The van der Waals surface area contributed by atoms with Gasteiger partial charge in [-0.2, -0.15) is 0 Å².